The van der Waals surface area contributed by atoms with Gasteiger partial charge >= 0.3 is 0 Å². The van der Waals surface area contributed by atoms with Gasteiger partial charge in [-0.25, -0.2) is 4.68 Å². The molecule has 0 aliphatic carbocycles. The summed E-state index contributed by atoms with van der Waals surface area (Å²) in [7, 11) is 0. The van der Waals surface area contributed by atoms with Gasteiger partial charge in [0.25, 0.3) is 11.5 Å². The number of rotatable bonds is 5. The molecule has 0 bridgehead atoms. The Hall–Kier alpha value is -2.60. The number of hydrogen-bond donors (Lipinski definition) is 0. The molecule has 1 aliphatic rings. The van der Waals surface area contributed by atoms with Crippen molar-refractivity contribution >= 4 is 34.1 Å². The molecular formula is C24H27N3O2S. The minimum atomic E-state index is -0.141. The summed E-state index contributed by atoms with van der Waals surface area (Å²) in [4.78, 5) is 29.7. The summed E-state index contributed by atoms with van der Waals surface area (Å²) in [6.07, 6.45) is 3.86. The van der Waals surface area contributed by atoms with Crippen LogP contribution in [0, 0.1) is 0 Å². The van der Waals surface area contributed by atoms with Gasteiger partial charge in [-0.1, -0.05) is 57.0 Å². The number of para-hydroxylation sites is 1. The second-order valence-corrected chi connectivity index (χ2v) is 9.25. The zero-order valence-electron chi connectivity index (χ0n) is 17.5. The highest BCUT2D eigenvalue weighted by Crippen LogP contribution is 2.38. The first-order valence-corrected chi connectivity index (χ1v) is 11.6. The van der Waals surface area contributed by atoms with E-state index in [4.69, 9.17) is 0 Å². The van der Waals surface area contributed by atoms with E-state index in [2.05, 4.69) is 25.0 Å². The molecule has 0 saturated heterocycles. The number of carbonyl (C=O) groups excluding carboxylic acids is 1. The molecule has 1 aliphatic heterocycles. The summed E-state index contributed by atoms with van der Waals surface area (Å²) in [6.45, 7) is 5.48. The van der Waals surface area contributed by atoms with E-state index >= 15 is 0 Å². The second-order valence-electron chi connectivity index (χ2n) is 7.77. The van der Waals surface area contributed by atoms with Crippen LogP contribution in [0.3, 0.4) is 0 Å². The first-order chi connectivity index (χ1) is 14.6. The van der Waals surface area contributed by atoms with E-state index in [1.165, 1.54) is 4.68 Å². The van der Waals surface area contributed by atoms with E-state index in [1.807, 2.05) is 41.3 Å². The lowest BCUT2D eigenvalue weighted by Gasteiger charge is -2.23. The molecule has 0 N–H and O–H groups in total. The predicted molar refractivity (Wildman–Crippen MR) is 124 cm³/mol. The highest BCUT2D eigenvalue weighted by molar-refractivity contribution is 8.00. The fourth-order valence-electron chi connectivity index (χ4n) is 3.88. The molecule has 6 heteroatoms. The van der Waals surface area contributed by atoms with Crippen molar-refractivity contribution < 1.29 is 4.79 Å². The second kappa shape index (κ2) is 9.04. The minimum Gasteiger partial charge on any atom is -0.306 e. The highest BCUT2D eigenvalue weighted by atomic mass is 32.2. The number of unbranched alkanes of at least 4 members (excludes halogenated alkanes) is 2. The van der Waals surface area contributed by atoms with Gasteiger partial charge in [0.1, 0.15) is 0 Å². The largest absolute Gasteiger partial charge is 0.306 e. The van der Waals surface area contributed by atoms with E-state index in [0.717, 1.165) is 36.3 Å². The maximum absolute atomic E-state index is 13.8. The smallest absolute Gasteiger partial charge is 0.279 e. The Morgan fingerprint density at radius 1 is 1.10 bits per heavy atom. The van der Waals surface area contributed by atoms with Crippen LogP contribution >= 0.6 is 11.8 Å². The quantitative estimate of drug-likeness (QED) is 0.537. The summed E-state index contributed by atoms with van der Waals surface area (Å²) in [5.74, 6) is -0.141. The van der Waals surface area contributed by atoms with Crippen molar-refractivity contribution in [2.75, 3.05) is 11.4 Å². The van der Waals surface area contributed by atoms with E-state index < -0.39 is 0 Å². The van der Waals surface area contributed by atoms with Crippen LogP contribution < -0.4 is 10.5 Å². The number of hydrogen-bond acceptors (Lipinski definition) is 4. The zero-order chi connectivity index (χ0) is 21.1. The van der Waals surface area contributed by atoms with E-state index in [0.29, 0.717) is 34.8 Å². The van der Waals surface area contributed by atoms with Gasteiger partial charge in [0.2, 0.25) is 0 Å². The molecule has 0 fully saturated rings. The number of aryl methyl sites for hydroxylation is 1. The third-order valence-electron chi connectivity index (χ3n) is 5.53. The van der Waals surface area contributed by atoms with E-state index in [9.17, 15) is 9.59 Å². The number of benzene rings is 2. The Bertz CT molecular complexity index is 1120. The van der Waals surface area contributed by atoms with Gasteiger partial charge in [-0.2, -0.15) is 5.10 Å². The fourth-order valence-corrected chi connectivity index (χ4v) is 4.99. The number of anilines is 1. The Kier molecular flexibility index (Phi) is 6.23. The fraction of sp³-hybridized carbons (Fsp3) is 0.375. The molecule has 156 valence electrons. The van der Waals surface area contributed by atoms with Gasteiger partial charge in [-0.15, -0.1) is 11.8 Å². The molecule has 0 spiro atoms. The third kappa shape index (κ3) is 4.01. The van der Waals surface area contributed by atoms with Crippen molar-refractivity contribution in [3.8, 4) is 0 Å². The lowest BCUT2D eigenvalue weighted by atomic mass is 10.1. The Morgan fingerprint density at radius 2 is 1.83 bits per heavy atom. The summed E-state index contributed by atoms with van der Waals surface area (Å²) >= 11 is 1.80. The van der Waals surface area contributed by atoms with Crippen LogP contribution in [0.4, 0.5) is 5.69 Å². The normalized spacial score (nSPS) is 16.3. The first-order valence-electron chi connectivity index (χ1n) is 10.7. The molecular weight excluding hydrogens is 394 g/mol. The standard InChI is InChI=1S/C24H27N3O2S/c1-3-4-9-15-27-23(28)19-11-6-5-10-18(19)22(25-27)24(29)26-16-14-17(2)30-21-13-8-7-12-20(21)26/h5-8,10-13,17H,3-4,9,14-16H2,1-2H3/t17-/m1/s1. The SMILES string of the molecule is CCCCCn1nc(C(=O)N2CC[C@@H](C)Sc3ccccc32)c2ccccc2c1=O. The van der Waals surface area contributed by atoms with Crippen molar-refractivity contribution in [3.05, 3.63) is 64.6 Å². The number of nitrogens with zero attached hydrogens (tertiary/aromatic N) is 3. The van der Waals surface area contributed by atoms with Crippen molar-refractivity contribution in [2.24, 2.45) is 0 Å². The van der Waals surface area contributed by atoms with Crippen LogP contribution in [0.15, 0.2) is 58.2 Å². The number of aromatic nitrogens is 2. The van der Waals surface area contributed by atoms with Crippen molar-refractivity contribution in [1.29, 1.82) is 0 Å². The van der Waals surface area contributed by atoms with Crippen LogP contribution in [0.25, 0.3) is 10.8 Å². The molecule has 0 radical (unpaired) electrons. The van der Waals surface area contributed by atoms with Crippen molar-refractivity contribution in [1.82, 2.24) is 9.78 Å². The topological polar surface area (TPSA) is 55.2 Å². The zero-order valence-corrected chi connectivity index (χ0v) is 18.3. The molecule has 0 saturated carbocycles. The lowest BCUT2D eigenvalue weighted by molar-refractivity contribution is 0.0981. The molecule has 2 aromatic carbocycles. The van der Waals surface area contributed by atoms with Crippen LogP contribution in [-0.2, 0) is 6.54 Å². The highest BCUT2D eigenvalue weighted by Gasteiger charge is 2.28. The maximum atomic E-state index is 13.8. The third-order valence-corrected chi connectivity index (χ3v) is 6.77. The number of carbonyl (C=O) groups is 1. The summed E-state index contributed by atoms with van der Waals surface area (Å²) < 4.78 is 1.48. The van der Waals surface area contributed by atoms with Crippen LogP contribution in [0.1, 0.15) is 50.0 Å². The van der Waals surface area contributed by atoms with Crippen LogP contribution in [-0.4, -0.2) is 27.5 Å². The molecule has 3 aromatic rings. The van der Waals surface area contributed by atoms with Gasteiger partial charge in [0, 0.05) is 28.6 Å². The van der Waals surface area contributed by atoms with Crippen LogP contribution in [0.2, 0.25) is 0 Å². The van der Waals surface area contributed by atoms with Gasteiger partial charge in [0.15, 0.2) is 5.69 Å². The Labute approximate surface area is 181 Å². The minimum absolute atomic E-state index is 0.126. The summed E-state index contributed by atoms with van der Waals surface area (Å²) in [5.41, 5.74) is 1.15. The molecule has 1 amide bonds. The van der Waals surface area contributed by atoms with Crippen LogP contribution in [0.5, 0.6) is 0 Å². The molecule has 2 heterocycles. The van der Waals surface area contributed by atoms with Gasteiger partial charge in [-0.3, -0.25) is 9.59 Å². The van der Waals surface area contributed by atoms with E-state index in [-0.39, 0.29) is 11.5 Å². The first kappa shape index (κ1) is 20.7. The monoisotopic (exact) mass is 421 g/mol. The summed E-state index contributed by atoms with van der Waals surface area (Å²) in [6, 6.07) is 15.4. The van der Waals surface area contributed by atoms with Crippen molar-refractivity contribution in [2.45, 2.75) is 56.2 Å². The molecule has 0 unspecified atom stereocenters. The molecule has 1 atom stereocenters. The predicted octanol–water partition coefficient (Wildman–Crippen LogP) is 5.12. The maximum Gasteiger partial charge on any atom is 0.279 e. The van der Waals surface area contributed by atoms with Gasteiger partial charge in [-0.05, 0) is 31.0 Å². The molecule has 5 nitrogen and oxygen atoms in total. The average molecular weight is 422 g/mol. The molecule has 30 heavy (non-hydrogen) atoms. The van der Waals surface area contributed by atoms with E-state index in [1.54, 1.807) is 17.8 Å². The van der Waals surface area contributed by atoms with Gasteiger partial charge in [0.05, 0.1) is 11.1 Å². The average Bonchev–Trinajstić information content (AvgIpc) is 2.93. The number of thioether (sulfide) groups is 1. The molecule has 4 rings (SSSR count). The number of amides is 1. The summed E-state index contributed by atoms with van der Waals surface area (Å²) in [5, 5.41) is 6.18. The van der Waals surface area contributed by atoms with Crippen molar-refractivity contribution in [3.63, 3.8) is 0 Å². The Morgan fingerprint density at radius 3 is 2.63 bits per heavy atom. The number of fused-ring (bicyclic) bond motifs is 2. The van der Waals surface area contributed by atoms with Gasteiger partial charge < -0.3 is 4.90 Å². The molecule has 1 aromatic heterocycles. The Balaban J connectivity index is 1.81. The lowest BCUT2D eigenvalue weighted by Crippen LogP contribution is -2.35.